The van der Waals surface area contributed by atoms with Gasteiger partial charge in [0.1, 0.15) is 17.2 Å². The Morgan fingerprint density at radius 2 is 1.65 bits per heavy atom. The van der Waals surface area contributed by atoms with Crippen molar-refractivity contribution >= 4 is 50.5 Å². The molecule has 0 atom stereocenters. The molecular weight excluding hydrogens is 557 g/mol. The molecule has 11 nitrogen and oxygen atoms in total. The summed E-state index contributed by atoms with van der Waals surface area (Å²) >= 11 is -1.95. The largest absolute Gasteiger partial charge is 0.457 e. The molecule has 0 saturated carbocycles. The van der Waals surface area contributed by atoms with Gasteiger partial charge in [0.2, 0.25) is 0 Å². The van der Waals surface area contributed by atoms with Crippen LogP contribution in [0, 0.1) is 0 Å². The molecule has 0 aliphatic heterocycles. The molecule has 0 fully saturated rings. The minimum absolute atomic E-state index is 0.0669. The van der Waals surface area contributed by atoms with Crippen LogP contribution < -0.4 is 29.4 Å². The molecule has 3 aromatic carbocycles. The highest BCUT2D eigenvalue weighted by Gasteiger charge is 2.14. The number of ether oxygens (including phenoxy) is 1. The summed E-state index contributed by atoms with van der Waals surface area (Å²) in [4.78, 5) is 23.7. The number of rotatable bonds is 10. The second-order valence-corrected chi connectivity index (χ2v) is 8.06. The number of amides is 3. The predicted molar refractivity (Wildman–Crippen MR) is 133 cm³/mol. The lowest BCUT2D eigenvalue weighted by Gasteiger charge is -2.16. The number of benzene rings is 3. The average molecular weight is 579 g/mol. The summed E-state index contributed by atoms with van der Waals surface area (Å²) in [6, 6.07) is 20.0. The van der Waals surface area contributed by atoms with Gasteiger partial charge in [0.25, 0.3) is 27.4 Å². The molecule has 0 saturated heterocycles. The zero-order chi connectivity index (χ0) is 24.3. The van der Waals surface area contributed by atoms with Crippen LogP contribution in [0.15, 0.2) is 72.8 Å². The van der Waals surface area contributed by atoms with Crippen LogP contribution in [-0.2, 0) is 3.07 Å². The Morgan fingerprint density at radius 3 is 2.32 bits per heavy atom. The van der Waals surface area contributed by atoms with Gasteiger partial charge in [-0.2, -0.15) is 3.28 Å². The van der Waals surface area contributed by atoms with Crippen LogP contribution in [0.4, 0.5) is 21.9 Å². The van der Waals surface area contributed by atoms with Crippen molar-refractivity contribution in [3.63, 3.8) is 0 Å². The van der Waals surface area contributed by atoms with Crippen LogP contribution in [-0.4, -0.2) is 35.4 Å². The normalized spacial score (nSPS) is 10.2. The number of halogens is 1. The van der Waals surface area contributed by atoms with E-state index in [4.69, 9.17) is 9.94 Å². The van der Waals surface area contributed by atoms with Crippen LogP contribution in [0.2, 0.25) is 0 Å². The number of hydrogen-bond donors (Lipinski definition) is 6. The summed E-state index contributed by atoms with van der Waals surface area (Å²) in [7, 11) is 0. The minimum Gasteiger partial charge on any atom is -0.457 e. The number of nitrogens with zero attached hydrogens (tertiary/aromatic N) is 1. The number of nitrogens with one attached hydrogen (secondary N) is 4. The average Bonchev–Trinajstić information content (AvgIpc) is 2.87. The molecule has 3 amide bonds. The molecule has 178 valence electrons. The summed E-state index contributed by atoms with van der Waals surface area (Å²) in [5.74, 6) is 0.575. The molecule has 0 spiro atoms. The first kappa shape index (κ1) is 24.9. The quantitative estimate of drug-likeness (QED) is 0.0686. The van der Waals surface area contributed by atoms with Gasteiger partial charge in [-0.05, 0) is 54.6 Å². The summed E-state index contributed by atoms with van der Waals surface area (Å²) in [5.41, 5.74) is 2.64. The van der Waals surface area contributed by atoms with Gasteiger partial charge >= 0.3 is 6.03 Å². The number of carbonyl (C=O) groups excluding carboxylic acids is 2. The van der Waals surface area contributed by atoms with E-state index in [1.165, 1.54) is 23.7 Å². The van der Waals surface area contributed by atoms with Crippen molar-refractivity contribution in [1.29, 1.82) is 0 Å². The van der Waals surface area contributed by atoms with Gasteiger partial charge < -0.3 is 20.7 Å². The first-order chi connectivity index (χ1) is 16.5. The fourth-order valence-corrected chi connectivity index (χ4v) is 3.47. The lowest BCUT2D eigenvalue weighted by molar-refractivity contribution is 0.0706. The first-order valence-electron chi connectivity index (χ1n) is 9.96. The fourth-order valence-electron chi connectivity index (χ4n) is 2.86. The minimum atomic E-state index is -1.95. The van der Waals surface area contributed by atoms with E-state index in [9.17, 15) is 17.9 Å². The molecular formula is C22H22IN5O6. The number of para-hydroxylation sites is 1. The molecule has 0 aromatic heterocycles. The lowest BCUT2D eigenvalue weighted by Crippen LogP contribution is -2.32. The van der Waals surface area contributed by atoms with Gasteiger partial charge in [-0.25, -0.2) is 13.3 Å². The Labute approximate surface area is 205 Å². The maximum Gasteiger partial charge on any atom is 0.319 e. The highest BCUT2D eigenvalue weighted by molar-refractivity contribution is 14.1. The topological polar surface area (TPSA) is 152 Å². The molecule has 34 heavy (non-hydrogen) atoms. The van der Waals surface area contributed by atoms with E-state index in [0.29, 0.717) is 26.2 Å². The molecule has 0 aliphatic rings. The molecule has 0 radical (unpaired) electrons. The fraction of sp³-hybridized carbons (Fsp3) is 0.0909. The second-order valence-electron chi connectivity index (χ2n) is 6.75. The zero-order valence-electron chi connectivity index (χ0n) is 17.7. The Hall–Kier alpha value is -3.75. The van der Waals surface area contributed by atoms with Crippen LogP contribution in [0.5, 0.6) is 11.5 Å². The van der Waals surface area contributed by atoms with E-state index < -0.39 is 33.4 Å². The number of carbonyl (C=O) groups is 2. The van der Waals surface area contributed by atoms with Crippen molar-refractivity contribution in [3.05, 3.63) is 78.4 Å². The number of urea groups is 1. The third-order valence-electron chi connectivity index (χ3n) is 4.44. The van der Waals surface area contributed by atoms with Gasteiger partial charge in [-0.15, -0.1) is 0 Å². The number of hydrogen-bond acceptors (Lipinski definition) is 7. The summed E-state index contributed by atoms with van der Waals surface area (Å²) in [6.07, 6.45) is 0. The maximum absolute atomic E-state index is 12.1. The first-order valence-corrected chi connectivity index (χ1v) is 11.8. The predicted octanol–water partition coefficient (Wildman–Crippen LogP) is 4.26. The van der Waals surface area contributed by atoms with Gasteiger partial charge in [-0.1, -0.05) is 18.2 Å². The van der Waals surface area contributed by atoms with E-state index in [-0.39, 0.29) is 24.3 Å². The smallest absolute Gasteiger partial charge is 0.319 e. The maximum atomic E-state index is 12.1. The molecule has 3 rings (SSSR count). The van der Waals surface area contributed by atoms with Gasteiger partial charge in [0, 0.05) is 24.3 Å². The molecule has 6 N–H and O–H groups in total. The van der Waals surface area contributed by atoms with E-state index in [2.05, 4.69) is 16.0 Å². The van der Waals surface area contributed by atoms with Crippen LogP contribution in [0.3, 0.4) is 0 Å². The van der Waals surface area contributed by atoms with Crippen molar-refractivity contribution in [2.24, 2.45) is 0 Å². The Morgan fingerprint density at radius 1 is 0.941 bits per heavy atom. The standard InChI is InChI=1S/C22H22IN5O6/c29-21(27-32)15-6-11-19(20(14-15)28(33)23-31)24-12-13-25-22(30)26-16-7-9-18(10-8-16)34-17-4-2-1-3-5-17/h1-11,14,24,32-33H,12-13H2,(H,27,29)(H2,25,26,30). The van der Waals surface area contributed by atoms with E-state index in [0.717, 1.165) is 0 Å². The van der Waals surface area contributed by atoms with Crippen LogP contribution in [0.1, 0.15) is 10.4 Å². The van der Waals surface area contributed by atoms with Crippen molar-refractivity contribution in [2.45, 2.75) is 0 Å². The Bertz CT molecular complexity index is 1130. The highest BCUT2D eigenvalue weighted by atomic mass is 127. The Kier molecular flexibility index (Phi) is 9.13. The number of hydroxylamine groups is 1. The van der Waals surface area contributed by atoms with Crippen LogP contribution >= 0.6 is 21.5 Å². The SMILES string of the molecule is O=IN(O)c1cc(C(=O)NO)ccc1NCCNC(=O)Nc1ccc(Oc2ccccc2)cc1. The van der Waals surface area contributed by atoms with E-state index in [1.54, 1.807) is 24.3 Å². The zero-order valence-corrected chi connectivity index (χ0v) is 19.9. The summed E-state index contributed by atoms with van der Waals surface area (Å²) in [5, 5.41) is 27.0. The molecule has 3 aromatic rings. The third kappa shape index (κ3) is 7.13. The second kappa shape index (κ2) is 12.5. The van der Waals surface area contributed by atoms with Crippen molar-refractivity contribution in [1.82, 2.24) is 10.8 Å². The van der Waals surface area contributed by atoms with Crippen molar-refractivity contribution < 1.29 is 27.8 Å². The number of anilines is 3. The third-order valence-corrected chi connectivity index (χ3v) is 5.34. The Balaban J connectivity index is 1.48. The molecule has 0 aliphatic carbocycles. The monoisotopic (exact) mass is 579 g/mol. The van der Waals surface area contributed by atoms with Gasteiger partial charge in [0.05, 0.1) is 5.69 Å². The molecule has 0 bridgehead atoms. The summed E-state index contributed by atoms with van der Waals surface area (Å²) < 4.78 is 17.4. The molecule has 12 heteroatoms. The van der Waals surface area contributed by atoms with Crippen molar-refractivity contribution in [3.8, 4) is 11.5 Å². The highest BCUT2D eigenvalue weighted by Crippen LogP contribution is 2.30. The lowest BCUT2D eigenvalue weighted by atomic mass is 10.1. The van der Waals surface area contributed by atoms with E-state index >= 15 is 0 Å². The van der Waals surface area contributed by atoms with Crippen LogP contribution in [0.25, 0.3) is 0 Å². The van der Waals surface area contributed by atoms with Crippen molar-refractivity contribution in [2.75, 3.05) is 27.0 Å². The van der Waals surface area contributed by atoms with Gasteiger partial charge in [-0.3, -0.25) is 15.2 Å². The van der Waals surface area contributed by atoms with E-state index in [1.807, 2.05) is 30.3 Å². The van der Waals surface area contributed by atoms with Gasteiger partial charge in [0.15, 0.2) is 0 Å². The molecule has 0 heterocycles. The summed E-state index contributed by atoms with van der Waals surface area (Å²) in [6.45, 7) is 0.512. The molecule has 0 unspecified atom stereocenters.